The summed E-state index contributed by atoms with van der Waals surface area (Å²) in [6.07, 6.45) is 0. The number of hydrogen-bond donors (Lipinski definition) is 0. The lowest BCUT2D eigenvalue weighted by Crippen LogP contribution is -1.96. The molecule has 0 saturated carbocycles. The Hall–Kier alpha value is -1.30. The number of aromatic nitrogens is 2. The highest BCUT2D eigenvalue weighted by atomic mass is 79.9. The first-order valence-corrected chi connectivity index (χ1v) is 7.29. The standard InChI is InChI=1S/C14H5BrCl2F2N2/c15-6-4-8-12(10(18)5-6)20-14(21-13(8)17)7-2-1-3-9(16)11(7)19/h1-5H. The van der Waals surface area contributed by atoms with Crippen LogP contribution in [0.3, 0.4) is 0 Å². The van der Waals surface area contributed by atoms with Crippen molar-refractivity contribution in [1.82, 2.24) is 9.97 Å². The summed E-state index contributed by atoms with van der Waals surface area (Å²) < 4.78 is 28.5. The molecule has 3 aromatic rings. The van der Waals surface area contributed by atoms with Gasteiger partial charge in [0.25, 0.3) is 0 Å². The summed E-state index contributed by atoms with van der Waals surface area (Å²) in [5, 5.41) is 0.313. The lowest BCUT2D eigenvalue weighted by atomic mass is 10.2. The molecule has 0 fully saturated rings. The average Bonchev–Trinajstić information content (AvgIpc) is 2.43. The summed E-state index contributed by atoms with van der Waals surface area (Å²) in [6, 6.07) is 7.26. The van der Waals surface area contributed by atoms with Crippen molar-refractivity contribution in [2.24, 2.45) is 0 Å². The Bertz CT molecular complexity index is 871. The third-order valence-corrected chi connectivity index (χ3v) is 3.90. The van der Waals surface area contributed by atoms with Gasteiger partial charge in [0.05, 0.1) is 10.6 Å². The third-order valence-electron chi connectivity index (χ3n) is 2.86. The SMILES string of the molecule is Fc1c(Cl)cccc1-c1nc(Cl)c2cc(Br)cc(F)c2n1. The molecule has 0 amide bonds. The molecule has 0 unspecified atom stereocenters. The van der Waals surface area contributed by atoms with Crippen LogP contribution < -0.4 is 0 Å². The van der Waals surface area contributed by atoms with Crippen molar-refractivity contribution in [3.8, 4) is 11.4 Å². The molecular formula is C14H5BrCl2F2N2. The maximum atomic E-state index is 14.0. The fourth-order valence-corrected chi connectivity index (χ4v) is 2.75. The summed E-state index contributed by atoms with van der Waals surface area (Å²) in [7, 11) is 0. The first-order valence-electron chi connectivity index (χ1n) is 5.74. The van der Waals surface area contributed by atoms with Gasteiger partial charge >= 0.3 is 0 Å². The molecule has 0 radical (unpaired) electrons. The lowest BCUT2D eigenvalue weighted by molar-refractivity contribution is 0.629. The largest absolute Gasteiger partial charge is 0.225 e. The fourth-order valence-electron chi connectivity index (χ4n) is 1.92. The van der Waals surface area contributed by atoms with E-state index in [1.54, 1.807) is 12.1 Å². The molecule has 0 N–H and O–H groups in total. The van der Waals surface area contributed by atoms with Gasteiger partial charge < -0.3 is 0 Å². The Morgan fingerprint density at radius 1 is 1.05 bits per heavy atom. The molecule has 3 rings (SSSR count). The van der Waals surface area contributed by atoms with Gasteiger partial charge in [-0.25, -0.2) is 18.7 Å². The van der Waals surface area contributed by atoms with Gasteiger partial charge in [0.1, 0.15) is 10.7 Å². The second-order valence-corrected chi connectivity index (χ2v) is 5.90. The molecule has 106 valence electrons. The zero-order chi connectivity index (χ0) is 15.1. The Kier molecular flexibility index (Phi) is 3.82. The van der Waals surface area contributed by atoms with E-state index in [1.165, 1.54) is 18.2 Å². The van der Waals surface area contributed by atoms with Crippen molar-refractivity contribution >= 4 is 50.0 Å². The van der Waals surface area contributed by atoms with Crippen molar-refractivity contribution < 1.29 is 8.78 Å². The van der Waals surface area contributed by atoms with E-state index in [1.807, 2.05) is 0 Å². The molecule has 21 heavy (non-hydrogen) atoms. The molecule has 0 spiro atoms. The first kappa shape index (κ1) is 14.6. The van der Waals surface area contributed by atoms with E-state index in [0.717, 1.165) is 0 Å². The Morgan fingerprint density at radius 2 is 1.81 bits per heavy atom. The molecule has 1 aromatic heterocycles. The Labute approximate surface area is 136 Å². The quantitative estimate of drug-likeness (QED) is 0.503. The van der Waals surface area contributed by atoms with E-state index in [2.05, 4.69) is 25.9 Å². The van der Waals surface area contributed by atoms with Crippen LogP contribution >= 0.6 is 39.1 Å². The molecule has 7 heteroatoms. The minimum atomic E-state index is -0.674. The predicted molar refractivity (Wildman–Crippen MR) is 82.6 cm³/mol. The molecule has 0 saturated heterocycles. The summed E-state index contributed by atoms with van der Waals surface area (Å²) >= 11 is 15.0. The highest BCUT2D eigenvalue weighted by Crippen LogP contribution is 2.31. The molecule has 2 nitrogen and oxygen atoms in total. The number of nitrogens with zero attached hydrogens (tertiary/aromatic N) is 2. The van der Waals surface area contributed by atoms with Crippen molar-refractivity contribution in [2.75, 3.05) is 0 Å². The van der Waals surface area contributed by atoms with Gasteiger partial charge in [-0.15, -0.1) is 0 Å². The topological polar surface area (TPSA) is 25.8 Å². The molecule has 0 atom stereocenters. The van der Waals surface area contributed by atoms with Crippen molar-refractivity contribution in [1.29, 1.82) is 0 Å². The molecule has 0 bridgehead atoms. The lowest BCUT2D eigenvalue weighted by Gasteiger charge is -2.07. The summed E-state index contributed by atoms with van der Waals surface area (Å²) in [5.41, 5.74) is 0.0844. The number of benzene rings is 2. The maximum Gasteiger partial charge on any atom is 0.164 e. The van der Waals surface area contributed by atoms with E-state index < -0.39 is 11.6 Å². The molecule has 1 heterocycles. The van der Waals surface area contributed by atoms with Gasteiger partial charge in [-0.3, -0.25) is 0 Å². The van der Waals surface area contributed by atoms with Crippen molar-refractivity contribution in [2.45, 2.75) is 0 Å². The number of hydrogen-bond acceptors (Lipinski definition) is 2. The van der Waals surface area contributed by atoms with Gasteiger partial charge in [0.15, 0.2) is 17.5 Å². The third kappa shape index (κ3) is 2.61. The maximum absolute atomic E-state index is 14.0. The first-order chi connectivity index (χ1) is 9.97. The Morgan fingerprint density at radius 3 is 2.57 bits per heavy atom. The van der Waals surface area contributed by atoms with E-state index in [-0.39, 0.29) is 27.1 Å². The van der Waals surface area contributed by atoms with Gasteiger partial charge in [0, 0.05) is 9.86 Å². The highest BCUT2D eigenvalue weighted by molar-refractivity contribution is 9.10. The fraction of sp³-hybridized carbons (Fsp3) is 0. The minimum absolute atomic E-state index is 0.0197. The summed E-state index contributed by atoms with van der Waals surface area (Å²) in [6.45, 7) is 0. The minimum Gasteiger partial charge on any atom is -0.225 e. The van der Waals surface area contributed by atoms with Crippen LogP contribution in [0.15, 0.2) is 34.8 Å². The molecular weight excluding hydrogens is 385 g/mol. The zero-order valence-electron chi connectivity index (χ0n) is 10.2. The van der Waals surface area contributed by atoms with Gasteiger partial charge in [-0.05, 0) is 24.3 Å². The zero-order valence-corrected chi connectivity index (χ0v) is 13.3. The second kappa shape index (κ2) is 5.48. The monoisotopic (exact) mass is 388 g/mol. The number of halogens is 5. The van der Waals surface area contributed by atoms with Gasteiger partial charge in [-0.2, -0.15) is 0 Å². The normalized spacial score (nSPS) is 11.1. The number of fused-ring (bicyclic) bond motifs is 1. The average molecular weight is 390 g/mol. The summed E-state index contributed by atoms with van der Waals surface area (Å²) in [5.74, 6) is -1.27. The van der Waals surface area contributed by atoms with E-state index >= 15 is 0 Å². The van der Waals surface area contributed by atoms with Crippen LogP contribution in [0.1, 0.15) is 0 Å². The number of rotatable bonds is 1. The smallest absolute Gasteiger partial charge is 0.164 e. The molecule has 0 aliphatic rings. The Balaban J connectivity index is 2.33. The highest BCUT2D eigenvalue weighted by Gasteiger charge is 2.16. The van der Waals surface area contributed by atoms with Crippen LogP contribution in [0.2, 0.25) is 10.2 Å². The van der Waals surface area contributed by atoms with Crippen LogP contribution in [0.5, 0.6) is 0 Å². The predicted octanol–water partition coefficient (Wildman–Crippen LogP) is 5.64. The van der Waals surface area contributed by atoms with Crippen molar-refractivity contribution in [3.63, 3.8) is 0 Å². The molecule has 0 aliphatic heterocycles. The van der Waals surface area contributed by atoms with E-state index in [9.17, 15) is 8.78 Å². The van der Waals surface area contributed by atoms with Gasteiger partial charge in [-0.1, -0.05) is 45.2 Å². The van der Waals surface area contributed by atoms with Crippen molar-refractivity contribution in [3.05, 3.63) is 56.6 Å². The molecule has 0 aliphatic carbocycles. The molecule has 2 aromatic carbocycles. The van der Waals surface area contributed by atoms with E-state index in [0.29, 0.717) is 9.86 Å². The van der Waals surface area contributed by atoms with E-state index in [4.69, 9.17) is 23.2 Å². The van der Waals surface area contributed by atoms with Crippen LogP contribution in [-0.2, 0) is 0 Å². The van der Waals surface area contributed by atoms with Crippen LogP contribution in [0.25, 0.3) is 22.3 Å². The van der Waals surface area contributed by atoms with Crippen LogP contribution in [0, 0.1) is 11.6 Å². The van der Waals surface area contributed by atoms with Crippen LogP contribution in [-0.4, -0.2) is 9.97 Å². The summed E-state index contributed by atoms with van der Waals surface area (Å²) in [4.78, 5) is 8.08. The van der Waals surface area contributed by atoms with Gasteiger partial charge in [0.2, 0.25) is 0 Å². The van der Waals surface area contributed by atoms with Crippen LogP contribution in [0.4, 0.5) is 8.78 Å². The second-order valence-electron chi connectivity index (χ2n) is 4.22.